The highest BCUT2D eigenvalue weighted by Crippen LogP contribution is 2.27. The summed E-state index contributed by atoms with van der Waals surface area (Å²) < 4.78 is 0.858. The lowest BCUT2D eigenvalue weighted by Crippen LogP contribution is -2.12. The Kier molecular flexibility index (Phi) is 3.74. The molecule has 0 saturated carbocycles. The summed E-state index contributed by atoms with van der Waals surface area (Å²) in [6.45, 7) is 0. The highest BCUT2D eigenvalue weighted by Gasteiger charge is 2.10. The average Bonchev–Trinajstić information content (AvgIpc) is 2.29. The van der Waals surface area contributed by atoms with Gasteiger partial charge in [0, 0.05) is 10.0 Å². The van der Waals surface area contributed by atoms with Gasteiger partial charge in [-0.3, -0.25) is 4.79 Å². The molecule has 17 heavy (non-hydrogen) atoms. The molecule has 0 unspecified atom stereocenters. The van der Waals surface area contributed by atoms with E-state index in [9.17, 15) is 9.90 Å². The van der Waals surface area contributed by atoms with Gasteiger partial charge in [0.2, 0.25) is 5.88 Å². The molecule has 0 amide bonds. The van der Waals surface area contributed by atoms with Gasteiger partial charge in [0.05, 0.1) is 5.02 Å². The molecule has 0 atom stereocenters. The van der Waals surface area contributed by atoms with Crippen LogP contribution in [0.1, 0.15) is 0 Å². The minimum atomic E-state index is -0.376. The third-order valence-corrected chi connectivity index (χ3v) is 4.22. The monoisotopic (exact) mass is 426 g/mol. The van der Waals surface area contributed by atoms with Crippen molar-refractivity contribution in [3.05, 3.63) is 41.6 Å². The van der Waals surface area contributed by atoms with Crippen molar-refractivity contribution in [1.82, 2.24) is 9.97 Å². The fourth-order valence-electron chi connectivity index (χ4n) is 1.23. The van der Waals surface area contributed by atoms with Gasteiger partial charge in [0.25, 0.3) is 5.56 Å². The van der Waals surface area contributed by atoms with Crippen molar-refractivity contribution in [2.24, 2.45) is 0 Å². The third-order valence-electron chi connectivity index (χ3n) is 2.04. The van der Waals surface area contributed by atoms with Crippen LogP contribution in [-0.2, 0) is 0 Å². The molecule has 2 rings (SSSR count). The molecule has 0 fully saturated rings. The van der Waals surface area contributed by atoms with Gasteiger partial charge in [-0.15, -0.1) is 0 Å². The van der Waals surface area contributed by atoms with E-state index in [2.05, 4.69) is 25.9 Å². The van der Waals surface area contributed by atoms with Crippen LogP contribution in [0.3, 0.4) is 0 Å². The fourth-order valence-corrected chi connectivity index (χ4v) is 1.98. The molecule has 1 heterocycles. The number of hydrogen-bond donors (Lipinski definition) is 2. The molecule has 2 aromatic rings. The molecule has 1 aromatic heterocycles. The van der Waals surface area contributed by atoms with E-state index in [4.69, 9.17) is 11.6 Å². The lowest BCUT2D eigenvalue weighted by atomic mass is 10.2. The number of H-pyrrole nitrogens is 1. The van der Waals surface area contributed by atoms with Crippen molar-refractivity contribution in [2.75, 3.05) is 0 Å². The summed E-state index contributed by atoms with van der Waals surface area (Å²) in [5, 5.41) is 10.1. The van der Waals surface area contributed by atoms with Crippen LogP contribution >= 0.6 is 50.1 Å². The molecule has 2 N–H and O–H groups in total. The number of rotatable bonds is 1. The Hall–Kier alpha value is -0.600. The van der Waals surface area contributed by atoms with E-state index in [0.717, 1.165) is 0 Å². The largest absolute Gasteiger partial charge is 0.492 e. The highest BCUT2D eigenvalue weighted by atomic mass is 127. The Morgan fingerprint density at radius 3 is 2.76 bits per heavy atom. The van der Waals surface area contributed by atoms with Crippen molar-refractivity contribution in [3.63, 3.8) is 0 Å². The number of halogens is 3. The van der Waals surface area contributed by atoms with Crippen molar-refractivity contribution in [1.29, 1.82) is 0 Å². The smallest absolute Gasteiger partial charge is 0.268 e. The van der Waals surface area contributed by atoms with E-state index in [-0.39, 0.29) is 15.0 Å². The highest BCUT2D eigenvalue weighted by molar-refractivity contribution is 14.1. The lowest BCUT2D eigenvalue weighted by Gasteiger charge is -2.04. The molecule has 0 aliphatic heterocycles. The van der Waals surface area contributed by atoms with Crippen LogP contribution < -0.4 is 5.56 Å². The maximum atomic E-state index is 11.5. The molecular formula is C10H5BrClIN2O2. The van der Waals surface area contributed by atoms with Gasteiger partial charge in [-0.25, -0.2) is 0 Å². The van der Waals surface area contributed by atoms with Crippen LogP contribution in [-0.4, -0.2) is 15.1 Å². The molecule has 4 nitrogen and oxygen atoms in total. The second kappa shape index (κ2) is 4.95. The number of hydrogen-bond acceptors (Lipinski definition) is 3. The minimum absolute atomic E-state index is 0.166. The first kappa shape index (κ1) is 12.8. The van der Waals surface area contributed by atoms with Gasteiger partial charge in [0.15, 0.2) is 0 Å². The van der Waals surface area contributed by atoms with Crippen LogP contribution in [0.2, 0.25) is 5.02 Å². The second-order valence-corrected chi connectivity index (χ2v) is 5.52. The van der Waals surface area contributed by atoms with Crippen LogP contribution in [0.15, 0.2) is 27.5 Å². The van der Waals surface area contributed by atoms with E-state index < -0.39 is 0 Å². The first-order valence-electron chi connectivity index (χ1n) is 4.43. The zero-order chi connectivity index (χ0) is 12.6. The predicted octanol–water partition coefficient (Wildman–Crippen LogP) is 3.16. The average molecular weight is 427 g/mol. The summed E-state index contributed by atoms with van der Waals surface area (Å²) in [6.07, 6.45) is 0. The number of nitrogens with one attached hydrogen (secondary N) is 1. The second-order valence-electron chi connectivity index (χ2n) is 3.18. The molecule has 0 bridgehead atoms. The fraction of sp³-hybridized carbons (Fsp3) is 0. The normalized spacial score (nSPS) is 10.5. The molecule has 7 heteroatoms. The lowest BCUT2D eigenvalue weighted by molar-refractivity contribution is 0.447. The Morgan fingerprint density at radius 1 is 1.47 bits per heavy atom. The first-order valence-corrected chi connectivity index (χ1v) is 6.68. The zero-order valence-electron chi connectivity index (χ0n) is 8.17. The van der Waals surface area contributed by atoms with Gasteiger partial charge in [-0.05, 0) is 56.7 Å². The quantitative estimate of drug-likeness (QED) is 0.688. The summed E-state index contributed by atoms with van der Waals surface area (Å²) in [7, 11) is 0. The Morgan fingerprint density at radius 2 is 2.18 bits per heavy atom. The zero-order valence-corrected chi connectivity index (χ0v) is 12.7. The van der Waals surface area contributed by atoms with E-state index >= 15 is 0 Å². The summed E-state index contributed by atoms with van der Waals surface area (Å²) in [5.41, 5.74) is 0.282. The molecule has 0 saturated heterocycles. The number of aromatic nitrogens is 2. The van der Waals surface area contributed by atoms with E-state index in [1.54, 1.807) is 40.8 Å². The SMILES string of the molecule is O=c1[nH]c(-c2ccc(Cl)c(Br)c2)nc(O)c1I. The number of aromatic amines is 1. The summed E-state index contributed by atoms with van der Waals surface area (Å²) in [6, 6.07) is 5.10. The van der Waals surface area contributed by atoms with E-state index in [1.165, 1.54) is 0 Å². The van der Waals surface area contributed by atoms with Crippen molar-refractivity contribution < 1.29 is 5.11 Å². The molecular weight excluding hydrogens is 422 g/mol. The van der Waals surface area contributed by atoms with Gasteiger partial charge in [0.1, 0.15) is 9.39 Å². The first-order chi connectivity index (χ1) is 7.99. The van der Waals surface area contributed by atoms with Crippen molar-refractivity contribution >= 4 is 50.1 Å². The molecule has 1 aromatic carbocycles. The van der Waals surface area contributed by atoms with E-state index in [1.807, 2.05) is 0 Å². The van der Waals surface area contributed by atoms with Crippen LogP contribution in [0.5, 0.6) is 5.88 Å². The standard InChI is InChI=1S/C10H5BrClIN2O2/c11-5-3-4(1-2-6(5)12)8-14-9(16)7(13)10(17)15-8/h1-3H,(H2,14,15,16,17). The van der Waals surface area contributed by atoms with Crippen molar-refractivity contribution in [3.8, 4) is 17.3 Å². The summed E-state index contributed by atoms with van der Waals surface area (Å²) in [4.78, 5) is 18.0. The van der Waals surface area contributed by atoms with Gasteiger partial charge in [-0.1, -0.05) is 11.6 Å². The number of benzene rings is 1. The molecule has 0 radical (unpaired) electrons. The molecule has 0 aliphatic rings. The maximum absolute atomic E-state index is 11.5. The van der Waals surface area contributed by atoms with Crippen molar-refractivity contribution in [2.45, 2.75) is 0 Å². The Bertz CT molecular complexity index is 645. The van der Waals surface area contributed by atoms with Gasteiger partial charge >= 0.3 is 0 Å². The maximum Gasteiger partial charge on any atom is 0.268 e. The Labute approximate surface area is 123 Å². The third kappa shape index (κ3) is 2.63. The van der Waals surface area contributed by atoms with Gasteiger partial charge in [-0.2, -0.15) is 4.98 Å². The molecule has 0 spiro atoms. The number of aromatic hydroxyl groups is 1. The van der Waals surface area contributed by atoms with Crippen LogP contribution in [0.25, 0.3) is 11.4 Å². The Balaban J connectivity index is 2.61. The molecule has 0 aliphatic carbocycles. The summed E-state index contributed by atoms with van der Waals surface area (Å²) >= 11 is 10.9. The van der Waals surface area contributed by atoms with Crippen LogP contribution in [0, 0.1) is 3.57 Å². The minimum Gasteiger partial charge on any atom is -0.492 e. The predicted molar refractivity (Wildman–Crippen MR) is 77.4 cm³/mol. The topological polar surface area (TPSA) is 66.0 Å². The van der Waals surface area contributed by atoms with E-state index in [0.29, 0.717) is 20.9 Å². The summed E-state index contributed by atoms with van der Waals surface area (Å²) in [5.74, 6) is 0.0145. The van der Waals surface area contributed by atoms with Crippen LogP contribution in [0.4, 0.5) is 0 Å². The van der Waals surface area contributed by atoms with Gasteiger partial charge < -0.3 is 10.1 Å². The molecule has 88 valence electrons. The number of nitrogens with zero attached hydrogens (tertiary/aromatic N) is 1.